The summed E-state index contributed by atoms with van der Waals surface area (Å²) in [6.07, 6.45) is 3.61. The van der Waals surface area contributed by atoms with Gasteiger partial charge in [0.2, 0.25) is 0 Å². The molecule has 2 heterocycles. The van der Waals surface area contributed by atoms with Crippen molar-refractivity contribution >= 4 is 16.7 Å². The van der Waals surface area contributed by atoms with Gasteiger partial charge >= 0.3 is 0 Å². The van der Waals surface area contributed by atoms with Crippen molar-refractivity contribution < 1.29 is 0 Å². The first-order valence-electron chi connectivity index (χ1n) is 8.92. The van der Waals surface area contributed by atoms with Gasteiger partial charge in [0.25, 0.3) is 5.95 Å². The van der Waals surface area contributed by atoms with E-state index in [1.807, 2.05) is 18.3 Å². The van der Waals surface area contributed by atoms with E-state index in [1.54, 1.807) is 10.9 Å². The third-order valence-corrected chi connectivity index (χ3v) is 4.54. The normalized spacial score (nSPS) is 11.0. The van der Waals surface area contributed by atoms with E-state index in [0.717, 1.165) is 29.8 Å². The van der Waals surface area contributed by atoms with Crippen LogP contribution >= 0.6 is 0 Å². The van der Waals surface area contributed by atoms with Gasteiger partial charge in [-0.3, -0.25) is 0 Å². The van der Waals surface area contributed by atoms with E-state index in [2.05, 4.69) is 66.3 Å². The maximum absolute atomic E-state index is 4.84. The van der Waals surface area contributed by atoms with Crippen LogP contribution in [0.15, 0.2) is 67.0 Å². The van der Waals surface area contributed by atoms with E-state index in [9.17, 15) is 0 Å². The summed E-state index contributed by atoms with van der Waals surface area (Å²) in [5.41, 5.74) is 3.28. The van der Waals surface area contributed by atoms with Crippen molar-refractivity contribution in [2.45, 2.75) is 13.8 Å². The van der Waals surface area contributed by atoms with Crippen LogP contribution in [0.1, 0.15) is 13.8 Å². The number of benzene rings is 2. The van der Waals surface area contributed by atoms with Gasteiger partial charge in [0, 0.05) is 30.9 Å². The zero-order chi connectivity index (χ0) is 17.9. The largest absolute Gasteiger partial charge is 0.356 e. The molecular formula is C21H21N5. The highest BCUT2D eigenvalue weighted by atomic mass is 15.3. The Hall–Kier alpha value is -3.21. The average molecular weight is 343 g/mol. The lowest BCUT2D eigenvalue weighted by Gasteiger charge is -2.22. The van der Waals surface area contributed by atoms with E-state index < -0.39 is 0 Å². The van der Waals surface area contributed by atoms with Crippen molar-refractivity contribution in [2.75, 3.05) is 18.0 Å². The van der Waals surface area contributed by atoms with E-state index in [1.165, 1.54) is 11.1 Å². The number of aromatic nitrogens is 4. The molecule has 5 heteroatoms. The molecule has 130 valence electrons. The number of hydrogen-bond donors (Lipinski definition) is 0. The van der Waals surface area contributed by atoms with E-state index in [4.69, 9.17) is 9.97 Å². The Morgan fingerprint density at radius 1 is 0.885 bits per heavy atom. The van der Waals surface area contributed by atoms with Gasteiger partial charge < -0.3 is 4.90 Å². The minimum atomic E-state index is 0.594. The number of fused-ring (bicyclic) bond motifs is 1. The molecule has 4 rings (SSSR count). The monoisotopic (exact) mass is 343 g/mol. The average Bonchev–Trinajstić information content (AvgIpc) is 3.24. The molecule has 0 spiro atoms. The van der Waals surface area contributed by atoms with Crippen molar-refractivity contribution in [3.63, 3.8) is 0 Å². The van der Waals surface area contributed by atoms with Crippen LogP contribution in [0.3, 0.4) is 0 Å². The smallest absolute Gasteiger partial charge is 0.253 e. The van der Waals surface area contributed by atoms with Crippen LogP contribution in [0.4, 0.5) is 5.82 Å². The zero-order valence-corrected chi connectivity index (χ0v) is 15.0. The SMILES string of the molecule is CCN(CC)c1nc(-n2cccn2)nc2ccc(-c3ccccc3)cc12. The first-order valence-corrected chi connectivity index (χ1v) is 8.92. The summed E-state index contributed by atoms with van der Waals surface area (Å²) < 4.78 is 1.71. The standard InChI is InChI=1S/C21H21N5/c1-3-25(4-2)20-18-15-17(16-9-6-5-7-10-16)11-12-19(18)23-21(24-20)26-14-8-13-22-26/h5-15H,3-4H2,1-2H3. The fourth-order valence-corrected chi connectivity index (χ4v) is 3.16. The number of rotatable bonds is 5. The minimum Gasteiger partial charge on any atom is -0.356 e. The summed E-state index contributed by atoms with van der Waals surface area (Å²) in [7, 11) is 0. The molecule has 2 aromatic carbocycles. The van der Waals surface area contributed by atoms with Gasteiger partial charge in [0.1, 0.15) is 5.82 Å². The van der Waals surface area contributed by atoms with E-state index in [0.29, 0.717) is 5.95 Å². The Bertz CT molecular complexity index is 1010. The first-order chi connectivity index (χ1) is 12.8. The zero-order valence-electron chi connectivity index (χ0n) is 15.0. The molecule has 0 saturated carbocycles. The molecule has 0 atom stereocenters. The van der Waals surface area contributed by atoms with Gasteiger partial charge in [-0.25, -0.2) is 9.67 Å². The van der Waals surface area contributed by atoms with Crippen molar-refractivity contribution in [3.05, 3.63) is 67.0 Å². The summed E-state index contributed by atoms with van der Waals surface area (Å²) in [6.45, 7) is 6.06. The highest BCUT2D eigenvalue weighted by Crippen LogP contribution is 2.29. The highest BCUT2D eigenvalue weighted by Gasteiger charge is 2.14. The van der Waals surface area contributed by atoms with Crippen LogP contribution in [-0.2, 0) is 0 Å². The molecule has 4 aromatic rings. The fraction of sp³-hybridized carbons (Fsp3) is 0.190. The Labute approximate surface area is 152 Å². The topological polar surface area (TPSA) is 46.8 Å². The molecule has 0 saturated heterocycles. The third-order valence-electron chi connectivity index (χ3n) is 4.54. The summed E-state index contributed by atoms with van der Waals surface area (Å²) in [6, 6.07) is 18.6. The van der Waals surface area contributed by atoms with Gasteiger partial charge in [-0.15, -0.1) is 0 Å². The third kappa shape index (κ3) is 2.92. The molecule has 26 heavy (non-hydrogen) atoms. The molecule has 0 N–H and O–H groups in total. The van der Waals surface area contributed by atoms with Crippen LogP contribution < -0.4 is 4.90 Å². The minimum absolute atomic E-state index is 0.594. The number of nitrogens with zero attached hydrogens (tertiary/aromatic N) is 5. The molecule has 0 aliphatic heterocycles. The second-order valence-electron chi connectivity index (χ2n) is 6.07. The van der Waals surface area contributed by atoms with Crippen LogP contribution in [-0.4, -0.2) is 32.8 Å². The molecular weight excluding hydrogens is 322 g/mol. The molecule has 0 bridgehead atoms. The van der Waals surface area contributed by atoms with Crippen molar-refractivity contribution in [1.29, 1.82) is 0 Å². The van der Waals surface area contributed by atoms with Crippen LogP contribution in [0.25, 0.3) is 28.0 Å². The van der Waals surface area contributed by atoms with Crippen LogP contribution in [0.2, 0.25) is 0 Å². The van der Waals surface area contributed by atoms with Crippen molar-refractivity contribution in [2.24, 2.45) is 0 Å². The Morgan fingerprint density at radius 2 is 1.69 bits per heavy atom. The molecule has 0 unspecified atom stereocenters. The Balaban J connectivity index is 1.94. The highest BCUT2D eigenvalue weighted by molar-refractivity contribution is 5.93. The summed E-state index contributed by atoms with van der Waals surface area (Å²) in [4.78, 5) is 11.8. The Kier molecular flexibility index (Phi) is 4.35. The number of hydrogen-bond acceptors (Lipinski definition) is 4. The van der Waals surface area contributed by atoms with Crippen LogP contribution in [0, 0.1) is 0 Å². The lowest BCUT2D eigenvalue weighted by Crippen LogP contribution is -2.24. The first kappa shape index (κ1) is 16.3. The van der Waals surface area contributed by atoms with Crippen molar-refractivity contribution in [3.8, 4) is 17.1 Å². The molecule has 0 aliphatic carbocycles. The molecule has 5 nitrogen and oxygen atoms in total. The summed E-state index contributed by atoms with van der Waals surface area (Å²) in [5, 5.41) is 5.34. The maximum atomic E-state index is 4.84. The van der Waals surface area contributed by atoms with Gasteiger partial charge in [-0.2, -0.15) is 10.1 Å². The molecule has 0 fully saturated rings. The van der Waals surface area contributed by atoms with E-state index in [-0.39, 0.29) is 0 Å². The van der Waals surface area contributed by atoms with Crippen LogP contribution in [0.5, 0.6) is 0 Å². The number of anilines is 1. The molecule has 0 amide bonds. The maximum Gasteiger partial charge on any atom is 0.253 e. The second kappa shape index (κ2) is 6.96. The Morgan fingerprint density at radius 3 is 2.38 bits per heavy atom. The fourth-order valence-electron chi connectivity index (χ4n) is 3.16. The summed E-state index contributed by atoms with van der Waals surface area (Å²) in [5.74, 6) is 1.54. The molecule has 2 aromatic heterocycles. The van der Waals surface area contributed by atoms with Gasteiger partial charge in [-0.05, 0) is 43.2 Å². The van der Waals surface area contributed by atoms with Gasteiger partial charge in [-0.1, -0.05) is 36.4 Å². The molecule has 0 aliphatic rings. The summed E-state index contributed by atoms with van der Waals surface area (Å²) >= 11 is 0. The van der Waals surface area contributed by atoms with Crippen molar-refractivity contribution in [1.82, 2.24) is 19.7 Å². The predicted molar refractivity (Wildman–Crippen MR) is 106 cm³/mol. The molecule has 0 radical (unpaired) electrons. The van der Waals surface area contributed by atoms with E-state index >= 15 is 0 Å². The second-order valence-corrected chi connectivity index (χ2v) is 6.07. The quantitative estimate of drug-likeness (QED) is 0.541. The predicted octanol–water partition coefficient (Wildman–Crippen LogP) is 4.33. The van der Waals surface area contributed by atoms with Gasteiger partial charge in [0.05, 0.1) is 5.52 Å². The lowest BCUT2D eigenvalue weighted by atomic mass is 10.0. The lowest BCUT2D eigenvalue weighted by molar-refractivity contribution is 0.793. The van der Waals surface area contributed by atoms with Gasteiger partial charge in [0.15, 0.2) is 0 Å².